The number of ether oxygens (including phenoxy) is 2. The Labute approximate surface area is 271 Å². The van der Waals surface area contributed by atoms with E-state index < -0.39 is 0 Å². The van der Waals surface area contributed by atoms with Gasteiger partial charge in [0.25, 0.3) is 0 Å². The lowest BCUT2D eigenvalue weighted by molar-refractivity contribution is 0.271. The van der Waals surface area contributed by atoms with Crippen molar-refractivity contribution in [3.63, 3.8) is 0 Å². The molecule has 0 aliphatic carbocycles. The molecule has 0 aliphatic rings. The molecule has 0 heterocycles. The number of benzene rings is 7. The monoisotopic (exact) mass is 604 g/mol. The molecule has 0 aliphatic heterocycles. The molecule has 0 saturated carbocycles. The van der Waals surface area contributed by atoms with Crippen molar-refractivity contribution in [1.29, 1.82) is 0 Å². The third kappa shape index (κ3) is 5.35. The number of fused-ring (bicyclic) bond motifs is 4. The summed E-state index contributed by atoms with van der Waals surface area (Å²) in [5, 5.41) is 20.1. The normalized spacial score (nSPS) is 11.8. The molecular weight excluding hydrogens is 564 g/mol. The van der Waals surface area contributed by atoms with E-state index in [1.807, 2.05) is 18.2 Å². The summed E-state index contributed by atoms with van der Waals surface area (Å²) in [5.74, 6) is 2.13. The van der Waals surface area contributed by atoms with Crippen LogP contribution in [0.15, 0.2) is 115 Å². The molecule has 0 radical (unpaired) electrons. The molecule has 0 saturated heterocycles. The second kappa shape index (κ2) is 12.5. The van der Waals surface area contributed by atoms with Crippen LogP contribution < -0.4 is 9.47 Å². The van der Waals surface area contributed by atoms with Crippen LogP contribution in [0.5, 0.6) is 11.5 Å². The maximum absolute atomic E-state index is 10.2. The third-order valence-electron chi connectivity index (χ3n) is 9.21. The average Bonchev–Trinajstić information content (AvgIpc) is 3.07. The summed E-state index contributed by atoms with van der Waals surface area (Å²) >= 11 is 0. The van der Waals surface area contributed by atoms with Crippen LogP contribution in [0.4, 0.5) is 0 Å². The predicted molar refractivity (Wildman–Crippen MR) is 192 cm³/mol. The highest BCUT2D eigenvalue weighted by Gasteiger charge is 2.18. The molecule has 0 spiro atoms. The van der Waals surface area contributed by atoms with Crippen molar-refractivity contribution in [3.05, 3.63) is 143 Å². The van der Waals surface area contributed by atoms with Crippen molar-refractivity contribution < 1.29 is 14.6 Å². The van der Waals surface area contributed by atoms with Gasteiger partial charge < -0.3 is 14.6 Å². The first-order chi connectivity index (χ1) is 22.4. The van der Waals surface area contributed by atoms with Crippen LogP contribution in [0.2, 0.25) is 0 Å². The van der Waals surface area contributed by atoms with Crippen LogP contribution in [0.1, 0.15) is 67.3 Å². The summed E-state index contributed by atoms with van der Waals surface area (Å²) in [6.07, 6.45) is 0. The van der Waals surface area contributed by atoms with Crippen molar-refractivity contribution in [3.8, 4) is 11.5 Å². The Bertz CT molecular complexity index is 1940. The molecule has 7 aromatic rings. The van der Waals surface area contributed by atoms with E-state index in [-0.39, 0.29) is 6.61 Å². The van der Waals surface area contributed by atoms with Crippen molar-refractivity contribution in [1.82, 2.24) is 0 Å². The first-order valence-corrected chi connectivity index (χ1v) is 16.3. The molecule has 0 unspecified atom stereocenters. The topological polar surface area (TPSA) is 38.7 Å². The van der Waals surface area contributed by atoms with Crippen LogP contribution in [-0.2, 0) is 19.8 Å². The van der Waals surface area contributed by atoms with Crippen LogP contribution in [0.25, 0.3) is 43.1 Å². The second-order valence-corrected chi connectivity index (χ2v) is 12.8. The molecule has 0 atom stereocenters. The fourth-order valence-corrected chi connectivity index (χ4v) is 7.26. The van der Waals surface area contributed by atoms with E-state index in [0.717, 1.165) is 16.7 Å². The first kappa shape index (κ1) is 29.8. The summed E-state index contributed by atoms with van der Waals surface area (Å²) in [6.45, 7) is 9.75. The SMILES string of the molecule is CC(C)c1c2ccccc2c(COc2cc(CO)cc(OCc3c4ccccc4c(C(C)C)c4ccccc34)c2)c2ccccc12. The van der Waals surface area contributed by atoms with Gasteiger partial charge in [0, 0.05) is 17.2 Å². The van der Waals surface area contributed by atoms with Gasteiger partial charge >= 0.3 is 0 Å². The van der Waals surface area contributed by atoms with E-state index in [9.17, 15) is 5.11 Å². The summed E-state index contributed by atoms with van der Waals surface area (Å²) < 4.78 is 13.1. The van der Waals surface area contributed by atoms with E-state index in [1.165, 1.54) is 54.2 Å². The Morgan fingerprint density at radius 2 is 0.761 bits per heavy atom. The number of hydrogen-bond donors (Lipinski definition) is 1. The van der Waals surface area contributed by atoms with Gasteiger partial charge in [-0.05, 0) is 83.7 Å². The Hall–Kier alpha value is -4.86. The minimum Gasteiger partial charge on any atom is -0.489 e. The molecule has 1 N–H and O–H groups in total. The van der Waals surface area contributed by atoms with Gasteiger partial charge in [0.05, 0.1) is 6.61 Å². The van der Waals surface area contributed by atoms with E-state index >= 15 is 0 Å². The molecular formula is C43H40O3. The van der Waals surface area contributed by atoms with Crippen LogP contribution >= 0.6 is 0 Å². The lowest BCUT2D eigenvalue weighted by Crippen LogP contribution is -2.03. The molecule has 0 fully saturated rings. The highest BCUT2D eigenvalue weighted by molar-refractivity contribution is 6.07. The summed E-state index contributed by atoms with van der Waals surface area (Å²) in [5.41, 5.74) is 5.82. The molecule has 46 heavy (non-hydrogen) atoms. The third-order valence-corrected chi connectivity index (χ3v) is 9.21. The number of hydrogen-bond acceptors (Lipinski definition) is 3. The fourth-order valence-electron chi connectivity index (χ4n) is 7.26. The van der Waals surface area contributed by atoms with E-state index in [1.54, 1.807) is 0 Å². The molecule has 0 aromatic heterocycles. The van der Waals surface area contributed by atoms with Gasteiger partial charge in [0.15, 0.2) is 0 Å². The molecule has 3 heteroatoms. The molecule has 7 aromatic carbocycles. The minimum atomic E-state index is -0.0997. The number of aliphatic hydroxyl groups excluding tert-OH is 1. The zero-order valence-corrected chi connectivity index (χ0v) is 27.0. The lowest BCUT2D eigenvalue weighted by atomic mass is 9.87. The quantitative estimate of drug-likeness (QED) is 0.167. The van der Waals surface area contributed by atoms with Gasteiger partial charge in [-0.2, -0.15) is 0 Å². The predicted octanol–water partition coefficient (Wildman–Crippen LogP) is 11.2. The Morgan fingerprint density at radius 1 is 0.457 bits per heavy atom. The molecule has 0 bridgehead atoms. The van der Waals surface area contributed by atoms with Crippen LogP contribution in [-0.4, -0.2) is 5.11 Å². The number of aliphatic hydroxyl groups is 1. The Kier molecular flexibility index (Phi) is 8.11. The maximum Gasteiger partial charge on any atom is 0.123 e. The van der Waals surface area contributed by atoms with Gasteiger partial charge in [0.1, 0.15) is 24.7 Å². The standard InChI is InChI=1S/C43H40O3/c1-27(2)42-36-17-9-5-13-32(36)40(33-14-6-10-18-37(33)42)25-45-30-21-29(24-44)22-31(23-30)46-26-41-34-15-7-11-19-38(34)43(28(3)4)39-20-12-8-16-35(39)41/h5-23,27-28,44H,24-26H2,1-4H3. The van der Waals surface area contributed by atoms with E-state index in [0.29, 0.717) is 36.5 Å². The van der Waals surface area contributed by atoms with Crippen LogP contribution in [0, 0.1) is 0 Å². The zero-order chi connectivity index (χ0) is 31.8. The Balaban J connectivity index is 1.24. The minimum absolute atomic E-state index is 0.0997. The van der Waals surface area contributed by atoms with Crippen molar-refractivity contribution >= 4 is 43.1 Å². The molecule has 7 rings (SSSR count). The molecule has 0 amide bonds. The average molecular weight is 605 g/mol. The highest BCUT2D eigenvalue weighted by atomic mass is 16.5. The Morgan fingerprint density at radius 3 is 1.04 bits per heavy atom. The summed E-state index contributed by atoms with van der Waals surface area (Å²) in [4.78, 5) is 0. The zero-order valence-electron chi connectivity index (χ0n) is 27.0. The van der Waals surface area contributed by atoms with E-state index in [4.69, 9.17) is 9.47 Å². The highest BCUT2D eigenvalue weighted by Crippen LogP contribution is 2.39. The van der Waals surface area contributed by atoms with Gasteiger partial charge in [-0.3, -0.25) is 0 Å². The van der Waals surface area contributed by atoms with Crippen molar-refractivity contribution in [2.45, 2.75) is 59.4 Å². The first-order valence-electron chi connectivity index (χ1n) is 16.3. The van der Waals surface area contributed by atoms with Crippen molar-refractivity contribution in [2.75, 3.05) is 0 Å². The van der Waals surface area contributed by atoms with Gasteiger partial charge in [-0.15, -0.1) is 0 Å². The molecule has 3 nitrogen and oxygen atoms in total. The summed E-state index contributed by atoms with van der Waals surface area (Å²) in [6, 6.07) is 40.3. The van der Waals surface area contributed by atoms with Gasteiger partial charge in [-0.25, -0.2) is 0 Å². The van der Waals surface area contributed by atoms with Crippen molar-refractivity contribution in [2.24, 2.45) is 0 Å². The summed E-state index contributed by atoms with van der Waals surface area (Å²) in [7, 11) is 0. The smallest absolute Gasteiger partial charge is 0.123 e. The van der Waals surface area contributed by atoms with Gasteiger partial charge in [-0.1, -0.05) is 125 Å². The number of rotatable bonds is 9. The second-order valence-electron chi connectivity index (χ2n) is 12.8. The maximum atomic E-state index is 10.2. The van der Waals surface area contributed by atoms with E-state index in [2.05, 4.69) is 125 Å². The molecule has 230 valence electrons. The largest absolute Gasteiger partial charge is 0.489 e. The van der Waals surface area contributed by atoms with Crippen LogP contribution in [0.3, 0.4) is 0 Å². The lowest BCUT2D eigenvalue weighted by Gasteiger charge is -2.20. The fraction of sp³-hybridized carbons (Fsp3) is 0.209. The van der Waals surface area contributed by atoms with Gasteiger partial charge in [0.2, 0.25) is 0 Å².